The molecule has 0 unspecified atom stereocenters. The Bertz CT molecular complexity index is 872. The van der Waals surface area contributed by atoms with Gasteiger partial charge in [-0.1, -0.05) is 54.6 Å². The molecule has 24 heavy (non-hydrogen) atoms. The van der Waals surface area contributed by atoms with Crippen molar-refractivity contribution in [3.05, 3.63) is 78.4 Å². The fourth-order valence-electron chi connectivity index (χ4n) is 2.40. The topological polar surface area (TPSA) is 53.5 Å². The number of anilines is 1. The Kier molecular flexibility index (Phi) is 4.87. The molecule has 4 heteroatoms. The van der Waals surface area contributed by atoms with Crippen LogP contribution in [0.25, 0.3) is 10.8 Å². The molecule has 2 N–H and O–H groups in total. The van der Waals surface area contributed by atoms with E-state index < -0.39 is 0 Å². The summed E-state index contributed by atoms with van der Waals surface area (Å²) in [6.07, 6.45) is 0. The minimum Gasteiger partial charge on any atom is -0.376 e. The third kappa shape index (κ3) is 3.98. The van der Waals surface area contributed by atoms with Crippen molar-refractivity contribution in [2.75, 3.05) is 11.9 Å². The van der Waals surface area contributed by atoms with Gasteiger partial charge < -0.3 is 5.32 Å². The lowest BCUT2D eigenvalue weighted by molar-refractivity contribution is -0.119. The van der Waals surface area contributed by atoms with E-state index in [1.165, 1.54) is 5.39 Å². The Hall–Kier alpha value is -3.14. The van der Waals surface area contributed by atoms with E-state index in [2.05, 4.69) is 40.1 Å². The SMILES string of the molecule is C/C(=N\NC(=O)CNc1ccccc1)c1ccc2ccccc2c1. The van der Waals surface area contributed by atoms with Crippen LogP contribution < -0.4 is 10.7 Å². The number of hydrogen-bond acceptors (Lipinski definition) is 3. The number of carbonyl (C=O) groups excluding carboxylic acids is 1. The lowest BCUT2D eigenvalue weighted by Crippen LogP contribution is -2.26. The van der Waals surface area contributed by atoms with Crippen molar-refractivity contribution in [2.45, 2.75) is 6.92 Å². The predicted octanol–water partition coefficient (Wildman–Crippen LogP) is 3.79. The quantitative estimate of drug-likeness (QED) is 0.555. The standard InChI is InChI=1S/C20H19N3O/c1-15(17-12-11-16-7-5-6-8-18(16)13-17)22-23-20(24)14-21-19-9-3-2-4-10-19/h2-13,21H,14H2,1H3,(H,23,24)/b22-15+. The van der Waals surface area contributed by atoms with Crippen molar-refractivity contribution >= 4 is 28.1 Å². The summed E-state index contributed by atoms with van der Waals surface area (Å²) in [7, 11) is 0. The van der Waals surface area contributed by atoms with Gasteiger partial charge >= 0.3 is 0 Å². The number of carbonyl (C=O) groups is 1. The maximum atomic E-state index is 11.9. The van der Waals surface area contributed by atoms with Gasteiger partial charge in [0, 0.05) is 5.69 Å². The molecule has 0 aromatic heterocycles. The van der Waals surface area contributed by atoms with Crippen molar-refractivity contribution in [1.82, 2.24) is 5.43 Å². The largest absolute Gasteiger partial charge is 0.376 e. The molecule has 120 valence electrons. The molecule has 3 aromatic rings. The van der Waals surface area contributed by atoms with Crippen LogP contribution >= 0.6 is 0 Å². The molecule has 0 saturated carbocycles. The molecule has 0 aliphatic rings. The number of para-hydroxylation sites is 1. The van der Waals surface area contributed by atoms with Crippen LogP contribution in [0.1, 0.15) is 12.5 Å². The van der Waals surface area contributed by atoms with Crippen LogP contribution in [0.3, 0.4) is 0 Å². The van der Waals surface area contributed by atoms with Crippen LogP contribution in [0.2, 0.25) is 0 Å². The van der Waals surface area contributed by atoms with Gasteiger partial charge in [-0.3, -0.25) is 4.79 Å². The Morgan fingerprint density at radius 1 is 0.917 bits per heavy atom. The Morgan fingerprint density at radius 3 is 2.42 bits per heavy atom. The smallest absolute Gasteiger partial charge is 0.259 e. The third-order valence-corrected chi connectivity index (χ3v) is 3.74. The first-order chi connectivity index (χ1) is 11.7. The highest BCUT2D eigenvalue weighted by molar-refractivity contribution is 6.02. The summed E-state index contributed by atoms with van der Waals surface area (Å²) in [5.41, 5.74) is 5.25. The van der Waals surface area contributed by atoms with E-state index in [4.69, 9.17) is 0 Å². The van der Waals surface area contributed by atoms with Gasteiger partial charge in [0.25, 0.3) is 5.91 Å². The summed E-state index contributed by atoms with van der Waals surface area (Å²) < 4.78 is 0. The molecule has 0 radical (unpaired) electrons. The summed E-state index contributed by atoms with van der Waals surface area (Å²) in [5.74, 6) is -0.181. The molecule has 3 rings (SSSR count). The maximum Gasteiger partial charge on any atom is 0.259 e. The van der Waals surface area contributed by atoms with Gasteiger partial charge in [0.2, 0.25) is 0 Å². The zero-order valence-electron chi connectivity index (χ0n) is 13.5. The molecular weight excluding hydrogens is 298 g/mol. The Balaban J connectivity index is 1.61. The second kappa shape index (κ2) is 7.42. The lowest BCUT2D eigenvalue weighted by Gasteiger charge is -2.06. The molecule has 0 spiro atoms. The van der Waals surface area contributed by atoms with Crippen LogP contribution in [0.15, 0.2) is 77.9 Å². The van der Waals surface area contributed by atoms with Crippen molar-refractivity contribution in [2.24, 2.45) is 5.10 Å². The Labute approximate surface area is 141 Å². The summed E-state index contributed by atoms with van der Waals surface area (Å²) >= 11 is 0. The van der Waals surface area contributed by atoms with Crippen molar-refractivity contribution in [3.8, 4) is 0 Å². The van der Waals surface area contributed by atoms with Crippen LogP contribution in [0.4, 0.5) is 5.69 Å². The molecule has 0 saturated heterocycles. The number of benzene rings is 3. The molecule has 0 fully saturated rings. The van der Waals surface area contributed by atoms with Crippen LogP contribution in [-0.4, -0.2) is 18.2 Å². The van der Waals surface area contributed by atoms with E-state index in [1.54, 1.807) is 0 Å². The van der Waals surface area contributed by atoms with Gasteiger partial charge in [0.1, 0.15) is 0 Å². The minimum atomic E-state index is -0.181. The zero-order valence-corrected chi connectivity index (χ0v) is 13.5. The van der Waals surface area contributed by atoms with E-state index in [9.17, 15) is 4.79 Å². The number of amides is 1. The summed E-state index contributed by atoms with van der Waals surface area (Å²) in [4.78, 5) is 11.9. The number of hydrogen-bond donors (Lipinski definition) is 2. The van der Waals surface area contributed by atoms with E-state index in [0.29, 0.717) is 0 Å². The summed E-state index contributed by atoms with van der Waals surface area (Å²) in [5, 5.41) is 9.58. The van der Waals surface area contributed by atoms with E-state index in [1.807, 2.05) is 55.5 Å². The van der Waals surface area contributed by atoms with Crippen LogP contribution in [0, 0.1) is 0 Å². The molecule has 0 aliphatic heterocycles. The number of nitrogens with one attached hydrogen (secondary N) is 2. The molecule has 0 bridgehead atoms. The van der Waals surface area contributed by atoms with Gasteiger partial charge in [-0.25, -0.2) is 5.43 Å². The molecule has 3 aromatic carbocycles. The van der Waals surface area contributed by atoms with Gasteiger partial charge in [0.15, 0.2) is 0 Å². The normalized spacial score (nSPS) is 11.3. The number of hydrazone groups is 1. The first-order valence-electron chi connectivity index (χ1n) is 7.83. The predicted molar refractivity (Wildman–Crippen MR) is 99.2 cm³/mol. The van der Waals surface area contributed by atoms with Gasteiger partial charge in [-0.15, -0.1) is 0 Å². The highest BCUT2D eigenvalue weighted by Crippen LogP contribution is 2.16. The fraction of sp³-hybridized carbons (Fsp3) is 0.100. The van der Waals surface area contributed by atoms with Crippen LogP contribution in [0.5, 0.6) is 0 Å². The minimum absolute atomic E-state index is 0.179. The van der Waals surface area contributed by atoms with E-state index in [-0.39, 0.29) is 12.5 Å². The third-order valence-electron chi connectivity index (χ3n) is 3.74. The second-order valence-electron chi connectivity index (χ2n) is 5.51. The highest BCUT2D eigenvalue weighted by atomic mass is 16.2. The highest BCUT2D eigenvalue weighted by Gasteiger charge is 2.02. The number of rotatable bonds is 5. The van der Waals surface area contributed by atoms with Crippen LogP contribution in [-0.2, 0) is 4.79 Å². The fourth-order valence-corrected chi connectivity index (χ4v) is 2.40. The average Bonchev–Trinajstić information content (AvgIpc) is 2.65. The van der Waals surface area contributed by atoms with Crippen molar-refractivity contribution in [1.29, 1.82) is 0 Å². The molecule has 0 atom stereocenters. The first kappa shape index (κ1) is 15.7. The van der Waals surface area contributed by atoms with E-state index in [0.717, 1.165) is 22.3 Å². The van der Waals surface area contributed by atoms with Crippen molar-refractivity contribution in [3.63, 3.8) is 0 Å². The van der Waals surface area contributed by atoms with E-state index >= 15 is 0 Å². The molecule has 1 amide bonds. The maximum absolute atomic E-state index is 11.9. The second-order valence-corrected chi connectivity index (χ2v) is 5.51. The van der Waals surface area contributed by atoms with Crippen molar-refractivity contribution < 1.29 is 4.79 Å². The molecule has 0 aliphatic carbocycles. The first-order valence-corrected chi connectivity index (χ1v) is 7.83. The average molecular weight is 317 g/mol. The number of fused-ring (bicyclic) bond motifs is 1. The molecule has 0 heterocycles. The summed E-state index contributed by atoms with van der Waals surface area (Å²) in [6.45, 7) is 2.06. The van der Waals surface area contributed by atoms with Gasteiger partial charge in [0.05, 0.1) is 12.3 Å². The zero-order chi connectivity index (χ0) is 16.8. The number of nitrogens with zero attached hydrogens (tertiary/aromatic N) is 1. The van der Waals surface area contributed by atoms with Gasteiger partial charge in [-0.2, -0.15) is 5.10 Å². The summed E-state index contributed by atoms with van der Waals surface area (Å²) in [6, 6.07) is 23.9. The Morgan fingerprint density at radius 2 is 1.62 bits per heavy atom. The molecular formula is C20H19N3O. The van der Waals surface area contributed by atoms with Gasteiger partial charge in [-0.05, 0) is 41.5 Å². The lowest BCUT2D eigenvalue weighted by atomic mass is 10.0. The molecule has 4 nitrogen and oxygen atoms in total. The monoisotopic (exact) mass is 317 g/mol.